The Kier molecular flexibility index (Phi) is 2.63. The van der Waals surface area contributed by atoms with E-state index < -0.39 is 0 Å². The first-order valence-electron chi connectivity index (χ1n) is 5.91. The highest BCUT2D eigenvalue weighted by Crippen LogP contribution is 2.73. The summed E-state index contributed by atoms with van der Waals surface area (Å²) in [5.41, 5.74) is 6.64. The van der Waals surface area contributed by atoms with E-state index in [4.69, 9.17) is 5.73 Å². The van der Waals surface area contributed by atoms with Gasteiger partial charge in [-0.3, -0.25) is 0 Å². The van der Waals surface area contributed by atoms with Crippen LogP contribution in [-0.2, 0) is 0 Å². The topological polar surface area (TPSA) is 51.8 Å². The van der Waals surface area contributed by atoms with Crippen molar-refractivity contribution >= 4 is 11.3 Å². The Morgan fingerprint density at radius 3 is 2.25 bits per heavy atom. The fourth-order valence-corrected chi connectivity index (χ4v) is 3.90. The number of nitrogens with two attached hydrogens (primary N) is 1. The minimum atomic E-state index is 0.0521. The Balaban J connectivity index is 2.22. The number of rotatable bonds is 3. The molecule has 0 bridgehead atoms. The molecule has 3 nitrogen and oxygen atoms in total. The summed E-state index contributed by atoms with van der Waals surface area (Å²) in [6.07, 6.45) is 0.923. The molecule has 1 aromatic rings. The van der Waals surface area contributed by atoms with E-state index in [-0.39, 0.29) is 6.04 Å². The Hall–Kier alpha value is -0.480. The van der Waals surface area contributed by atoms with Crippen molar-refractivity contribution in [2.24, 2.45) is 16.6 Å². The van der Waals surface area contributed by atoms with E-state index in [0.29, 0.717) is 16.7 Å². The predicted molar refractivity (Wildman–Crippen MR) is 67.4 cm³/mol. The molecular formula is C12H21N3S. The van der Waals surface area contributed by atoms with Gasteiger partial charge in [0.15, 0.2) is 0 Å². The average molecular weight is 239 g/mol. The molecule has 2 N–H and O–H groups in total. The second-order valence-corrected chi connectivity index (χ2v) is 6.91. The van der Waals surface area contributed by atoms with Gasteiger partial charge in [0.25, 0.3) is 0 Å². The lowest BCUT2D eigenvalue weighted by molar-refractivity contribution is 0.457. The van der Waals surface area contributed by atoms with Gasteiger partial charge in [-0.15, -0.1) is 10.2 Å². The highest BCUT2D eigenvalue weighted by atomic mass is 32.1. The van der Waals surface area contributed by atoms with Crippen molar-refractivity contribution in [3.8, 4) is 0 Å². The molecule has 0 amide bonds. The van der Waals surface area contributed by atoms with Gasteiger partial charge in [0.2, 0.25) is 0 Å². The molecule has 0 aromatic carbocycles. The second-order valence-electron chi connectivity index (χ2n) is 5.87. The minimum absolute atomic E-state index is 0.0521. The van der Waals surface area contributed by atoms with Gasteiger partial charge in [-0.2, -0.15) is 0 Å². The molecule has 1 fully saturated rings. The number of aromatic nitrogens is 2. The van der Waals surface area contributed by atoms with E-state index in [2.05, 4.69) is 44.8 Å². The third-order valence-electron chi connectivity index (χ3n) is 4.48. The highest BCUT2D eigenvalue weighted by Gasteiger charge is 2.66. The first kappa shape index (κ1) is 12.0. The van der Waals surface area contributed by atoms with Crippen LogP contribution < -0.4 is 5.73 Å². The summed E-state index contributed by atoms with van der Waals surface area (Å²) in [6.45, 7) is 11.3. The summed E-state index contributed by atoms with van der Waals surface area (Å²) in [5, 5.41) is 10.7. The summed E-state index contributed by atoms with van der Waals surface area (Å²) < 4.78 is 0. The fourth-order valence-electron chi connectivity index (χ4n) is 2.50. The third-order valence-corrected chi connectivity index (χ3v) is 5.60. The Bertz CT molecular complexity index is 381. The van der Waals surface area contributed by atoms with Gasteiger partial charge in [0.05, 0.1) is 6.04 Å². The lowest BCUT2D eigenvalue weighted by Gasteiger charge is -2.03. The quantitative estimate of drug-likeness (QED) is 0.881. The van der Waals surface area contributed by atoms with Crippen LogP contribution in [0.5, 0.6) is 0 Å². The van der Waals surface area contributed by atoms with Crippen molar-refractivity contribution < 1.29 is 0 Å². The summed E-state index contributed by atoms with van der Waals surface area (Å²) in [7, 11) is 0. The molecule has 0 spiro atoms. The summed E-state index contributed by atoms with van der Waals surface area (Å²) in [4.78, 5) is 0. The average Bonchev–Trinajstić information content (AvgIpc) is 2.60. The zero-order chi connectivity index (χ0) is 12.1. The first-order chi connectivity index (χ1) is 7.32. The lowest BCUT2D eigenvalue weighted by Crippen LogP contribution is -2.07. The summed E-state index contributed by atoms with van der Waals surface area (Å²) in [5.74, 6) is 0.537. The van der Waals surface area contributed by atoms with Crippen LogP contribution in [0.4, 0.5) is 0 Å². The molecule has 1 atom stereocenters. The van der Waals surface area contributed by atoms with E-state index in [0.717, 1.165) is 16.4 Å². The maximum absolute atomic E-state index is 5.97. The minimum Gasteiger partial charge on any atom is -0.322 e. The standard InChI is InChI=1S/C12H21N3S/c1-6-7(13)9-14-15-10(16-9)8-11(2,3)12(8,4)5/h7-8H,6,13H2,1-5H3. The van der Waals surface area contributed by atoms with Crippen LogP contribution in [0.2, 0.25) is 0 Å². The first-order valence-corrected chi connectivity index (χ1v) is 6.73. The maximum Gasteiger partial charge on any atom is 0.134 e. The van der Waals surface area contributed by atoms with E-state index >= 15 is 0 Å². The fraction of sp³-hybridized carbons (Fsp3) is 0.833. The van der Waals surface area contributed by atoms with Gasteiger partial charge < -0.3 is 5.73 Å². The number of nitrogens with zero attached hydrogens (tertiary/aromatic N) is 2. The van der Waals surface area contributed by atoms with Crippen molar-refractivity contribution in [2.75, 3.05) is 0 Å². The van der Waals surface area contributed by atoms with Crippen LogP contribution in [0.15, 0.2) is 0 Å². The van der Waals surface area contributed by atoms with Gasteiger partial charge in [-0.05, 0) is 17.3 Å². The predicted octanol–water partition coefficient (Wildman–Crippen LogP) is 3.10. The Morgan fingerprint density at radius 2 is 1.81 bits per heavy atom. The van der Waals surface area contributed by atoms with Gasteiger partial charge >= 0.3 is 0 Å². The van der Waals surface area contributed by atoms with Gasteiger partial charge in [0.1, 0.15) is 10.0 Å². The normalized spacial score (nSPS) is 24.4. The Labute approximate surface area is 101 Å². The molecule has 1 aromatic heterocycles. The van der Waals surface area contributed by atoms with Crippen molar-refractivity contribution in [3.63, 3.8) is 0 Å². The monoisotopic (exact) mass is 239 g/mol. The molecule has 1 heterocycles. The van der Waals surface area contributed by atoms with E-state index in [1.807, 2.05) is 0 Å². The SMILES string of the molecule is CCC(N)c1nnc(C2C(C)(C)C2(C)C)s1. The van der Waals surface area contributed by atoms with Crippen LogP contribution >= 0.6 is 11.3 Å². The molecular weight excluding hydrogens is 218 g/mol. The largest absolute Gasteiger partial charge is 0.322 e. The molecule has 1 saturated carbocycles. The van der Waals surface area contributed by atoms with Gasteiger partial charge in [-0.25, -0.2) is 0 Å². The van der Waals surface area contributed by atoms with Crippen LogP contribution in [0, 0.1) is 10.8 Å². The second kappa shape index (κ2) is 3.50. The van der Waals surface area contributed by atoms with Gasteiger partial charge in [-0.1, -0.05) is 46.0 Å². The van der Waals surface area contributed by atoms with Crippen molar-refractivity contribution in [3.05, 3.63) is 10.0 Å². The molecule has 90 valence electrons. The van der Waals surface area contributed by atoms with E-state index in [1.54, 1.807) is 11.3 Å². The molecule has 4 heteroatoms. The van der Waals surface area contributed by atoms with Crippen molar-refractivity contribution in [1.82, 2.24) is 10.2 Å². The summed E-state index contributed by atoms with van der Waals surface area (Å²) >= 11 is 1.69. The lowest BCUT2D eigenvalue weighted by atomic mass is 10.0. The molecule has 2 rings (SSSR count). The van der Waals surface area contributed by atoms with Gasteiger partial charge in [0, 0.05) is 5.92 Å². The smallest absolute Gasteiger partial charge is 0.134 e. The molecule has 0 aliphatic heterocycles. The van der Waals surface area contributed by atoms with Crippen LogP contribution in [0.1, 0.15) is 63.0 Å². The zero-order valence-corrected chi connectivity index (χ0v) is 11.6. The molecule has 16 heavy (non-hydrogen) atoms. The highest BCUT2D eigenvalue weighted by molar-refractivity contribution is 7.11. The van der Waals surface area contributed by atoms with E-state index in [9.17, 15) is 0 Å². The molecule has 0 radical (unpaired) electrons. The third kappa shape index (κ3) is 1.51. The molecule has 1 unspecified atom stereocenters. The number of hydrogen-bond donors (Lipinski definition) is 1. The maximum atomic E-state index is 5.97. The number of hydrogen-bond acceptors (Lipinski definition) is 4. The van der Waals surface area contributed by atoms with Crippen LogP contribution in [0.3, 0.4) is 0 Å². The van der Waals surface area contributed by atoms with Crippen LogP contribution in [-0.4, -0.2) is 10.2 Å². The molecule has 1 aliphatic rings. The van der Waals surface area contributed by atoms with Crippen molar-refractivity contribution in [1.29, 1.82) is 0 Å². The molecule has 0 saturated heterocycles. The Morgan fingerprint density at radius 1 is 1.25 bits per heavy atom. The zero-order valence-electron chi connectivity index (χ0n) is 10.7. The molecule has 1 aliphatic carbocycles. The van der Waals surface area contributed by atoms with Crippen LogP contribution in [0.25, 0.3) is 0 Å². The van der Waals surface area contributed by atoms with Crippen molar-refractivity contribution in [2.45, 2.75) is 53.0 Å². The van der Waals surface area contributed by atoms with E-state index in [1.165, 1.54) is 0 Å². The summed E-state index contributed by atoms with van der Waals surface area (Å²) in [6, 6.07) is 0.0521.